The molecule has 2 saturated heterocycles. The zero-order chi connectivity index (χ0) is 22.0. The van der Waals surface area contributed by atoms with Crippen molar-refractivity contribution in [2.45, 2.75) is 51.2 Å². The molecule has 0 saturated carbocycles. The Morgan fingerprint density at radius 3 is 2.62 bits per heavy atom. The van der Waals surface area contributed by atoms with Gasteiger partial charge in [0.2, 0.25) is 5.91 Å². The van der Waals surface area contributed by atoms with Crippen LogP contribution < -0.4 is 5.32 Å². The molecular formula is C23H35N7O2. The van der Waals surface area contributed by atoms with E-state index in [2.05, 4.69) is 54.9 Å². The highest BCUT2D eigenvalue weighted by Crippen LogP contribution is 2.24. The van der Waals surface area contributed by atoms with Crippen molar-refractivity contribution in [3.8, 4) is 0 Å². The van der Waals surface area contributed by atoms with Crippen LogP contribution in [0.25, 0.3) is 0 Å². The highest BCUT2D eigenvalue weighted by atomic mass is 16.5. The van der Waals surface area contributed by atoms with Crippen LogP contribution in [0.3, 0.4) is 0 Å². The number of morpholine rings is 1. The molecule has 0 unspecified atom stereocenters. The first-order valence-corrected chi connectivity index (χ1v) is 11.9. The van der Waals surface area contributed by atoms with E-state index in [0.717, 1.165) is 51.8 Å². The Morgan fingerprint density at radius 2 is 1.84 bits per heavy atom. The van der Waals surface area contributed by atoms with E-state index in [1.807, 2.05) is 10.7 Å². The molecule has 1 amide bonds. The number of likely N-dealkylation sites (tertiary alicyclic amines) is 1. The van der Waals surface area contributed by atoms with Gasteiger partial charge in [-0.2, -0.15) is 0 Å². The zero-order valence-corrected chi connectivity index (χ0v) is 18.9. The molecule has 2 aliphatic heterocycles. The Balaban J connectivity index is 1.23. The predicted octanol–water partition coefficient (Wildman–Crippen LogP) is 1.63. The van der Waals surface area contributed by atoms with Crippen molar-refractivity contribution in [2.75, 3.05) is 45.9 Å². The Hall–Kier alpha value is -2.36. The summed E-state index contributed by atoms with van der Waals surface area (Å²) in [4.78, 5) is 17.4. The van der Waals surface area contributed by atoms with Crippen LogP contribution in [0.4, 0.5) is 0 Å². The molecule has 4 rings (SSSR count). The maximum atomic E-state index is 12.6. The molecule has 9 nitrogen and oxygen atoms in total. The van der Waals surface area contributed by atoms with Crippen LogP contribution in [-0.2, 0) is 22.6 Å². The van der Waals surface area contributed by atoms with Gasteiger partial charge in [0.1, 0.15) is 0 Å². The summed E-state index contributed by atoms with van der Waals surface area (Å²) in [5, 5.41) is 15.3. The summed E-state index contributed by atoms with van der Waals surface area (Å²) in [7, 11) is 0. The molecule has 1 aromatic heterocycles. The summed E-state index contributed by atoms with van der Waals surface area (Å²) in [5.41, 5.74) is 1.27. The van der Waals surface area contributed by atoms with E-state index in [1.54, 1.807) is 0 Å². The Labute approximate surface area is 190 Å². The maximum absolute atomic E-state index is 12.6. The number of carbonyl (C=O) groups excluding carboxylic acids is 1. The minimum Gasteiger partial charge on any atom is -0.379 e. The van der Waals surface area contributed by atoms with Crippen molar-refractivity contribution in [3.05, 3.63) is 41.7 Å². The molecule has 3 heterocycles. The van der Waals surface area contributed by atoms with Gasteiger partial charge in [-0.05, 0) is 48.3 Å². The van der Waals surface area contributed by atoms with Crippen LogP contribution in [0.15, 0.2) is 30.3 Å². The van der Waals surface area contributed by atoms with Gasteiger partial charge in [0.15, 0.2) is 5.82 Å². The van der Waals surface area contributed by atoms with Crippen LogP contribution in [0.1, 0.15) is 49.5 Å². The number of tetrazole rings is 1. The smallest absolute Gasteiger partial charge is 0.220 e. The number of aryl methyl sites for hydroxylation is 1. The molecule has 32 heavy (non-hydrogen) atoms. The van der Waals surface area contributed by atoms with E-state index >= 15 is 0 Å². The van der Waals surface area contributed by atoms with Gasteiger partial charge >= 0.3 is 0 Å². The number of amides is 1. The van der Waals surface area contributed by atoms with Crippen molar-refractivity contribution >= 4 is 5.91 Å². The van der Waals surface area contributed by atoms with Crippen LogP contribution in [0.5, 0.6) is 0 Å². The number of nitrogens with one attached hydrogen (secondary N) is 1. The summed E-state index contributed by atoms with van der Waals surface area (Å²) in [6.45, 7) is 7.51. The number of rotatable bonds is 10. The van der Waals surface area contributed by atoms with Crippen molar-refractivity contribution in [1.29, 1.82) is 0 Å². The topological polar surface area (TPSA) is 88.4 Å². The lowest BCUT2D eigenvalue weighted by Gasteiger charge is -2.35. The standard InChI is InChI=1S/C23H35N7O2/c31-23(10-7-13-30-22(25-26-27-30)19-28-14-16-32-17-15-28)24-18-21(20-8-3-1-4-9-20)29-11-5-2-6-12-29/h1,3-4,8-9,21H,2,5-7,10-19H2,(H,24,31)/t21-/m0/s1. The predicted molar refractivity (Wildman–Crippen MR) is 121 cm³/mol. The molecule has 9 heteroatoms. The minimum absolute atomic E-state index is 0.0887. The molecule has 0 bridgehead atoms. The van der Waals surface area contributed by atoms with Crippen LogP contribution in [-0.4, -0.2) is 81.9 Å². The lowest BCUT2D eigenvalue weighted by atomic mass is 10.0. The number of benzene rings is 1. The Bertz CT molecular complexity index is 817. The van der Waals surface area contributed by atoms with Gasteiger partial charge in [0.05, 0.1) is 25.8 Å². The minimum atomic E-state index is 0.0887. The van der Waals surface area contributed by atoms with Gasteiger partial charge < -0.3 is 10.1 Å². The van der Waals surface area contributed by atoms with Crippen molar-refractivity contribution in [2.24, 2.45) is 0 Å². The number of carbonyl (C=O) groups is 1. The van der Waals surface area contributed by atoms with E-state index in [0.29, 0.717) is 25.9 Å². The molecule has 1 aromatic carbocycles. The van der Waals surface area contributed by atoms with Crippen molar-refractivity contribution in [1.82, 2.24) is 35.3 Å². The molecule has 2 fully saturated rings. The second-order valence-electron chi connectivity index (χ2n) is 8.64. The second-order valence-corrected chi connectivity index (χ2v) is 8.64. The SMILES string of the molecule is O=C(CCCn1nnnc1CN1CCOCC1)NC[C@@H](c1ccccc1)N1CCCCC1. The molecule has 174 valence electrons. The highest BCUT2D eigenvalue weighted by molar-refractivity contribution is 5.75. The Morgan fingerprint density at radius 1 is 1.06 bits per heavy atom. The van der Waals surface area contributed by atoms with Crippen LogP contribution in [0.2, 0.25) is 0 Å². The van der Waals surface area contributed by atoms with Gasteiger partial charge in [0, 0.05) is 32.6 Å². The largest absolute Gasteiger partial charge is 0.379 e. The van der Waals surface area contributed by atoms with Gasteiger partial charge in [-0.15, -0.1) is 5.10 Å². The molecular weight excluding hydrogens is 406 g/mol. The van der Waals surface area contributed by atoms with E-state index in [9.17, 15) is 4.79 Å². The molecule has 0 radical (unpaired) electrons. The first-order valence-electron chi connectivity index (χ1n) is 11.9. The molecule has 0 aliphatic carbocycles. The summed E-state index contributed by atoms with van der Waals surface area (Å²) in [6, 6.07) is 10.8. The molecule has 2 aromatic rings. The second kappa shape index (κ2) is 12.0. The fourth-order valence-electron chi connectivity index (χ4n) is 4.52. The van der Waals surface area contributed by atoms with Crippen LogP contribution in [0, 0.1) is 0 Å². The molecule has 1 N–H and O–H groups in total. The van der Waals surface area contributed by atoms with E-state index in [4.69, 9.17) is 4.74 Å². The fraction of sp³-hybridized carbons (Fsp3) is 0.652. The third kappa shape index (κ3) is 6.57. The Kier molecular flexibility index (Phi) is 8.58. The number of piperidine rings is 1. The number of ether oxygens (including phenoxy) is 1. The van der Waals surface area contributed by atoms with E-state index in [1.165, 1.54) is 24.8 Å². The lowest BCUT2D eigenvalue weighted by Crippen LogP contribution is -2.40. The highest BCUT2D eigenvalue weighted by Gasteiger charge is 2.22. The van der Waals surface area contributed by atoms with Gasteiger partial charge in [0.25, 0.3) is 0 Å². The van der Waals surface area contributed by atoms with Crippen molar-refractivity contribution < 1.29 is 9.53 Å². The van der Waals surface area contributed by atoms with Crippen LogP contribution >= 0.6 is 0 Å². The van der Waals surface area contributed by atoms with E-state index < -0.39 is 0 Å². The first-order chi connectivity index (χ1) is 15.8. The number of hydrogen-bond acceptors (Lipinski definition) is 7. The average Bonchev–Trinajstić information content (AvgIpc) is 3.28. The zero-order valence-electron chi connectivity index (χ0n) is 18.9. The van der Waals surface area contributed by atoms with Gasteiger partial charge in [-0.1, -0.05) is 36.8 Å². The summed E-state index contributed by atoms with van der Waals surface area (Å²) < 4.78 is 7.22. The molecule has 2 aliphatic rings. The quantitative estimate of drug-likeness (QED) is 0.599. The monoisotopic (exact) mass is 441 g/mol. The summed E-state index contributed by atoms with van der Waals surface area (Å²) >= 11 is 0. The van der Waals surface area contributed by atoms with Gasteiger partial charge in [-0.25, -0.2) is 4.68 Å². The lowest BCUT2D eigenvalue weighted by molar-refractivity contribution is -0.121. The first kappa shape index (κ1) is 22.8. The number of nitrogens with zero attached hydrogens (tertiary/aromatic N) is 6. The third-order valence-electron chi connectivity index (χ3n) is 6.36. The summed E-state index contributed by atoms with van der Waals surface area (Å²) in [6.07, 6.45) is 4.95. The maximum Gasteiger partial charge on any atom is 0.220 e. The third-order valence-corrected chi connectivity index (χ3v) is 6.36. The van der Waals surface area contributed by atoms with Gasteiger partial charge in [-0.3, -0.25) is 14.6 Å². The summed E-state index contributed by atoms with van der Waals surface area (Å²) in [5.74, 6) is 0.937. The normalized spacial score (nSPS) is 19.0. The average molecular weight is 442 g/mol. The van der Waals surface area contributed by atoms with Crippen molar-refractivity contribution in [3.63, 3.8) is 0 Å². The number of hydrogen-bond donors (Lipinski definition) is 1. The molecule has 0 spiro atoms. The fourth-order valence-corrected chi connectivity index (χ4v) is 4.52. The van der Waals surface area contributed by atoms with E-state index in [-0.39, 0.29) is 11.9 Å². The molecule has 1 atom stereocenters. The number of aromatic nitrogens is 4.